The highest BCUT2D eigenvalue weighted by atomic mass is 31.2. The molecule has 0 fully saturated rings. The van der Waals surface area contributed by atoms with Gasteiger partial charge in [0.05, 0.1) is 0 Å². The Morgan fingerprint density at radius 3 is 1.80 bits per heavy atom. The van der Waals surface area contributed by atoms with Gasteiger partial charge < -0.3 is 31.3 Å². The molecule has 0 bridgehead atoms. The number of aliphatic carboxylic acids is 1. The molecule has 0 saturated carbocycles. The Bertz CT molecular complexity index is 254. The molecule has 1 unspecified atom stereocenters. The van der Waals surface area contributed by atoms with Gasteiger partial charge in [-0.2, -0.15) is 0 Å². The van der Waals surface area contributed by atoms with E-state index in [0.29, 0.717) is 0 Å². The maximum absolute atomic E-state index is 10.1. The SMILES string of the molecule is NC(=O)CCC(N)C(=O)O.O=P(O)(O)O. The highest BCUT2D eigenvalue weighted by Crippen LogP contribution is 2.25. The number of carbonyl (C=O) groups is 2. The fourth-order valence-electron chi connectivity index (χ4n) is 0.421. The molecule has 0 spiro atoms. The van der Waals surface area contributed by atoms with Crippen LogP contribution in [0.15, 0.2) is 0 Å². The molecule has 0 aliphatic heterocycles. The number of primary amides is 1. The van der Waals surface area contributed by atoms with Crippen molar-refractivity contribution in [3.05, 3.63) is 0 Å². The highest BCUT2D eigenvalue weighted by molar-refractivity contribution is 7.45. The minimum absolute atomic E-state index is 0.0213. The predicted octanol–water partition coefficient (Wildman–Crippen LogP) is -2.26. The first-order valence-corrected chi connectivity index (χ1v) is 5.15. The summed E-state index contributed by atoms with van der Waals surface area (Å²) in [7, 11) is -4.64. The summed E-state index contributed by atoms with van der Waals surface area (Å²) in [6, 6.07) is -0.979. The van der Waals surface area contributed by atoms with Gasteiger partial charge in [-0.25, -0.2) is 4.57 Å². The molecule has 0 saturated heterocycles. The van der Waals surface area contributed by atoms with Gasteiger partial charge in [0.1, 0.15) is 6.04 Å². The first-order valence-electron chi connectivity index (χ1n) is 3.59. The Balaban J connectivity index is 0. The van der Waals surface area contributed by atoms with Crippen molar-refractivity contribution in [3.8, 4) is 0 Å². The molecule has 8 N–H and O–H groups in total. The van der Waals surface area contributed by atoms with Crippen LogP contribution < -0.4 is 11.5 Å². The smallest absolute Gasteiger partial charge is 0.466 e. The maximum Gasteiger partial charge on any atom is 0.466 e. The number of nitrogens with two attached hydrogens (primary N) is 2. The van der Waals surface area contributed by atoms with E-state index >= 15 is 0 Å². The van der Waals surface area contributed by atoms with E-state index in [0.717, 1.165) is 0 Å². The van der Waals surface area contributed by atoms with Crippen LogP contribution in [0.25, 0.3) is 0 Å². The number of hydrogen-bond acceptors (Lipinski definition) is 4. The van der Waals surface area contributed by atoms with E-state index in [-0.39, 0.29) is 12.8 Å². The predicted molar refractivity (Wildman–Crippen MR) is 48.3 cm³/mol. The minimum atomic E-state index is -4.64. The molecule has 90 valence electrons. The summed E-state index contributed by atoms with van der Waals surface area (Å²) in [6.07, 6.45) is 0.123. The third-order valence-electron chi connectivity index (χ3n) is 1.02. The molecular formula is C5H13N2O7P. The Kier molecular flexibility index (Phi) is 8.02. The monoisotopic (exact) mass is 244 g/mol. The van der Waals surface area contributed by atoms with Crippen LogP contribution in [0.3, 0.4) is 0 Å². The van der Waals surface area contributed by atoms with Gasteiger partial charge in [0.25, 0.3) is 0 Å². The average molecular weight is 244 g/mol. The average Bonchev–Trinajstić information content (AvgIpc) is 1.96. The molecule has 0 rings (SSSR count). The van der Waals surface area contributed by atoms with E-state index in [1.807, 2.05) is 0 Å². The molecule has 0 radical (unpaired) electrons. The van der Waals surface area contributed by atoms with Gasteiger partial charge in [-0.3, -0.25) is 9.59 Å². The molecule has 0 aromatic carbocycles. The van der Waals surface area contributed by atoms with Crippen LogP contribution in [-0.2, 0) is 14.2 Å². The van der Waals surface area contributed by atoms with Crippen LogP contribution in [0.2, 0.25) is 0 Å². The first kappa shape index (κ1) is 16.4. The Hall–Kier alpha value is -0.990. The Morgan fingerprint density at radius 2 is 1.60 bits per heavy atom. The van der Waals surface area contributed by atoms with Crippen molar-refractivity contribution in [2.45, 2.75) is 18.9 Å². The molecule has 0 aliphatic carbocycles. The van der Waals surface area contributed by atoms with Gasteiger partial charge in [0.15, 0.2) is 0 Å². The van der Waals surface area contributed by atoms with E-state index < -0.39 is 25.7 Å². The highest BCUT2D eigenvalue weighted by Gasteiger charge is 2.11. The van der Waals surface area contributed by atoms with Gasteiger partial charge in [0, 0.05) is 6.42 Å². The Labute approximate surface area is 84.9 Å². The fraction of sp³-hybridized carbons (Fsp3) is 0.600. The normalized spacial score (nSPS) is 12.3. The molecule has 1 amide bonds. The van der Waals surface area contributed by atoms with Gasteiger partial charge >= 0.3 is 13.8 Å². The van der Waals surface area contributed by atoms with E-state index in [2.05, 4.69) is 0 Å². The molecule has 0 aliphatic rings. The standard InChI is InChI=1S/C5H10N2O3.H3O4P/c6-3(5(9)10)1-2-4(7)8;1-5(2,3)4/h3H,1-2,6H2,(H2,7,8)(H,9,10);(H3,1,2,3,4). The van der Waals surface area contributed by atoms with Crippen molar-refractivity contribution >= 4 is 19.7 Å². The van der Waals surface area contributed by atoms with Gasteiger partial charge in [0.2, 0.25) is 5.91 Å². The number of phosphoric acid groups is 1. The largest absolute Gasteiger partial charge is 0.480 e. The van der Waals surface area contributed by atoms with Crippen molar-refractivity contribution in [2.24, 2.45) is 11.5 Å². The van der Waals surface area contributed by atoms with Crippen molar-refractivity contribution in [1.29, 1.82) is 0 Å². The summed E-state index contributed by atoms with van der Waals surface area (Å²) in [5.41, 5.74) is 9.81. The van der Waals surface area contributed by atoms with Gasteiger partial charge in [-0.1, -0.05) is 0 Å². The summed E-state index contributed by atoms with van der Waals surface area (Å²) in [4.78, 5) is 41.7. The molecule has 0 aromatic heterocycles. The third kappa shape index (κ3) is 24.6. The number of hydrogen-bond donors (Lipinski definition) is 6. The third-order valence-corrected chi connectivity index (χ3v) is 1.02. The summed E-state index contributed by atoms with van der Waals surface area (Å²) < 4.78 is 8.88. The van der Waals surface area contributed by atoms with Crippen molar-refractivity contribution in [3.63, 3.8) is 0 Å². The lowest BCUT2D eigenvalue weighted by atomic mass is 10.2. The molecule has 0 aromatic rings. The second-order valence-electron chi connectivity index (χ2n) is 2.46. The molecule has 10 heteroatoms. The topological polar surface area (TPSA) is 184 Å². The Morgan fingerprint density at radius 1 is 1.27 bits per heavy atom. The maximum atomic E-state index is 10.1. The van der Waals surface area contributed by atoms with Crippen LogP contribution in [0.5, 0.6) is 0 Å². The van der Waals surface area contributed by atoms with Crippen LogP contribution in [0, 0.1) is 0 Å². The van der Waals surface area contributed by atoms with Crippen molar-refractivity contribution < 1.29 is 33.9 Å². The summed E-state index contributed by atoms with van der Waals surface area (Å²) in [6.45, 7) is 0. The van der Waals surface area contributed by atoms with E-state index in [1.165, 1.54) is 0 Å². The lowest BCUT2D eigenvalue weighted by molar-refractivity contribution is -0.138. The molecular weight excluding hydrogens is 231 g/mol. The van der Waals surface area contributed by atoms with Gasteiger partial charge in [-0.15, -0.1) is 0 Å². The molecule has 1 atom stereocenters. The second-order valence-corrected chi connectivity index (χ2v) is 3.49. The van der Waals surface area contributed by atoms with Crippen LogP contribution in [-0.4, -0.2) is 37.7 Å². The number of carboxylic acids is 1. The zero-order valence-electron chi connectivity index (χ0n) is 7.61. The summed E-state index contributed by atoms with van der Waals surface area (Å²) in [5.74, 6) is -1.64. The number of carboxylic acid groups (broad SMARTS) is 1. The molecule has 9 nitrogen and oxygen atoms in total. The number of amides is 1. The summed E-state index contributed by atoms with van der Waals surface area (Å²) >= 11 is 0. The quantitative estimate of drug-likeness (QED) is 0.299. The van der Waals surface area contributed by atoms with Gasteiger partial charge in [-0.05, 0) is 6.42 Å². The van der Waals surface area contributed by atoms with Crippen LogP contribution in [0.1, 0.15) is 12.8 Å². The van der Waals surface area contributed by atoms with Crippen LogP contribution >= 0.6 is 7.82 Å². The number of rotatable bonds is 4. The zero-order chi connectivity index (χ0) is 12.6. The lowest BCUT2D eigenvalue weighted by Crippen LogP contribution is -2.31. The number of carbonyl (C=O) groups excluding carboxylic acids is 1. The zero-order valence-corrected chi connectivity index (χ0v) is 8.50. The van der Waals surface area contributed by atoms with Crippen LogP contribution in [0.4, 0.5) is 0 Å². The second kappa shape index (κ2) is 7.32. The van der Waals surface area contributed by atoms with E-state index in [1.54, 1.807) is 0 Å². The van der Waals surface area contributed by atoms with E-state index in [9.17, 15) is 9.59 Å². The molecule has 0 heterocycles. The van der Waals surface area contributed by atoms with Crippen molar-refractivity contribution in [2.75, 3.05) is 0 Å². The summed E-state index contributed by atoms with van der Waals surface area (Å²) in [5, 5.41) is 8.22. The van der Waals surface area contributed by atoms with E-state index in [4.69, 9.17) is 35.8 Å². The van der Waals surface area contributed by atoms with Crippen molar-refractivity contribution in [1.82, 2.24) is 0 Å². The first-order chi connectivity index (χ1) is 6.54. The molecule has 15 heavy (non-hydrogen) atoms. The minimum Gasteiger partial charge on any atom is -0.480 e. The lowest BCUT2D eigenvalue weighted by Gasteiger charge is -2.01. The fourth-order valence-corrected chi connectivity index (χ4v) is 0.421.